The molecule has 1 aromatic heterocycles. The molecule has 1 aliphatic heterocycles. The molecule has 1 fully saturated rings. The number of H-pyrrole nitrogens is 1. The van der Waals surface area contributed by atoms with Gasteiger partial charge in [0.1, 0.15) is 5.69 Å². The highest BCUT2D eigenvalue weighted by molar-refractivity contribution is 7.89. The number of hydrogen-bond acceptors (Lipinski definition) is 5. The maximum Gasteiger partial charge on any atom is 0.289 e. The molecule has 3 aromatic rings. The maximum absolute atomic E-state index is 12.9. The highest BCUT2D eigenvalue weighted by atomic mass is 32.2. The zero-order valence-corrected chi connectivity index (χ0v) is 17.1. The minimum atomic E-state index is -4.03. The third-order valence-corrected chi connectivity index (χ3v) is 7.16. The van der Waals surface area contributed by atoms with E-state index in [9.17, 15) is 23.3 Å². The lowest BCUT2D eigenvalue weighted by molar-refractivity contribution is -0.387. The van der Waals surface area contributed by atoms with Crippen molar-refractivity contribution in [3.63, 3.8) is 0 Å². The number of piperazine rings is 1. The first-order valence-corrected chi connectivity index (χ1v) is 10.8. The molecule has 0 aliphatic carbocycles. The number of nitrogens with one attached hydrogen (secondary N) is 1. The topological polar surface area (TPSA) is 117 Å². The number of sulfonamides is 1. The SMILES string of the molecule is Cc1ccc2cc(C(=O)N3CCN(S(=O)(=O)c4ccccc4[N+](=O)[O-])CC3)[nH]c2c1. The Labute approximate surface area is 173 Å². The van der Waals surface area contributed by atoms with Crippen molar-refractivity contribution in [3.8, 4) is 0 Å². The van der Waals surface area contributed by atoms with E-state index in [-0.39, 0.29) is 37.0 Å². The summed E-state index contributed by atoms with van der Waals surface area (Å²) in [6.07, 6.45) is 0. The van der Waals surface area contributed by atoms with Crippen molar-refractivity contribution >= 4 is 32.5 Å². The number of nitro groups is 1. The second kappa shape index (κ2) is 7.54. The maximum atomic E-state index is 12.9. The Kier molecular flexibility index (Phi) is 5.04. The summed E-state index contributed by atoms with van der Waals surface area (Å²) in [7, 11) is -4.03. The number of benzene rings is 2. The fraction of sp³-hybridized carbons (Fsp3) is 0.250. The van der Waals surface area contributed by atoms with Crippen LogP contribution in [-0.2, 0) is 10.0 Å². The first-order chi connectivity index (χ1) is 14.3. The quantitative estimate of drug-likeness (QED) is 0.506. The largest absolute Gasteiger partial charge is 0.351 e. The van der Waals surface area contributed by atoms with Crippen molar-refractivity contribution < 1.29 is 18.1 Å². The van der Waals surface area contributed by atoms with E-state index in [0.29, 0.717) is 5.69 Å². The fourth-order valence-corrected chi connectivity index (χ4v) is 5.20. The number of aryl methyl sites for hydroxylation is 1. The minimum Gasteiger partial charge on any atom is -0.351 e. The lowest BCUT2D eigenvalue weighted by Gasteiger charge is -2.33. The van der Waals surface area contributed by atoms with Crippen molar-refractivity contribution in [1.82, 2.24) is 14.2 Å². The number of carbonyl (C=O) groups is 1. The predicted molar refractivity (Wildman–Crippen MR) is 111 cm³/mol. The van der Waals surface area contributed by atoms with Gasteiger partial charge in [-0.2, -0.15) is 4.31 Å². The molecule has 0 saturated carbocycles. The molecule has 0 unspecified atom stereocenters. The van der Waals surface area contributed by atoms with Crippen LogP contribution in [0.2, 0.25) is 0 Å². The molecule has 2 heterocycles. The van der Waals surface area contributed by atoms with Crippen LogP contribution in [0.4, 0.5) is 5.69 Å². The number of amides is 1. The van der Waals surface area contributed by atoms with Gasteiger partial charge in [0, 0.05) is 43.1 Å². The zero-order valence-electron chi connectivity index (χ0n) is 16.2. The average molecular weight is 428 g/mol. The lowest BCUT2D eigenvalue weighted by Crippen LogP contribution is -2.50. The standard InChI is InChI=1S/C20H20N4O5S/c1-14-6-7-15-13-17(21-16(15)12-14)20(25)22-8-10-23(11-9-22)30(28,29)19-5-3-2-4-18(19)24(26)27/h2-7,12-13,21H,8-11H2,1H3. The number of nitrogens with zero attached hydrogens (tertiary/aromatic N) is 3. The molecule has 4 rings (SSSR count). The minimum absolute atomic E-state index is 0.0689. The Morgan fingerprint density at radius 2 is 1.77 bits per heavy atom. The van der Waals surface area contributed by atoms with Crippen LogP contribution in [0.25, 0.3) is 10.9 Å². The van der Waals surface area contributed by atoms with Gasteiger partial charge in [-0.25, -0.2) is 8.42 Å². The van der Waals surface area contributed by atoms with E-state index in [4.69, 9.17) is 0 Å². The predicted octanol–water partition coefficient (Wildman–Crippen LogP) is 2.53. The van der Waals surface area contributed by atoms with E-state index in [1.807, 2.05) is 25.1 Å². The van der Waals surface area contributed by atoms with Crippen molar-refractivity contribution in [2.24, 2.45) is 0 Å². The third-order valence-electron chi connectivity index (χ3n) is 5.21. The summed E-state index contributed by atoms with van der Waals surface area (Å²) in [4.78, 5) is 27.7. The molecule has 0 atom stereocenters. The molecule has 0 spiro atoms. The summed E-state index contributed by atoms with van der Waals surface area (Å²) >= 11 is 0. The summed E-state index contributed by atoms with van der Waals surface area (Å²) in [6.45, 7) is 2.51. The summed E-state index contributed by atoms with van der Waals surface area (Å²) < 4.78 is 27.0. The third kappa shape index (κ3) is 3.55. The van der Waals surface area contributed by atoms with Crippen LogP contribution in [0.15, 0.2) is 53.4 Å². The molecule has 156 valence electrons. The first-order valence-electron chi connectivity index (χ1n) is 9.39. The normalized spacial score (nSPS) is 15.4. The van der Waals surface area contributed by atoms with Gasteiger partial charge in [-0.05, 0) is 30.7 Å². The molecule has 1 saturated heterocycles. The number of nitro benzene ring substituents is 1. The van der Waals surface area contributed by atoms with Crippen LogP contribution in [0.5, 0.6) is 0 Å². The van der Waals surface area contributed by atoms with Crippen LogP contribution in [0, 0.1) is 17.0 Å². The van der Waals surface area contributed by atoms with E-state index in [1.54, 1.807) is 11.0 Å². The Balaban J connectivity index is 1.50. The summed E-state index contributed by atoms with van der Waals surface area (Å²) in [5.74, 6) is -0.202. The number of carbonyl (C=O) groups excluding carboxylic acids is 1. The van der Waals surface area contributed by atoms with Crippen molar-refractivity contribution in [2.45, 2.75) is 11.8 Å². The number of fused-ring (bicyclic) bond motifs is 1. The van der Waals surface area contributed by atoms with E-state index in [0.717, 1.165) is 16.5 Å². The Hall–Kier alpha value is -3.24. The Morgan fingerprint density at radius 1 is 1.07 bits per heavy atom. The van der Waals surface area contributed by atoms with E-state index in [1.165, 1.54) is 28.6 Å². The van der Waals surface area contributed by atoms with Gasteiger partial charge in [-0.1, -0.05) is 24.3 Å². The number of hydrogen-bond donors (Lipinski definition) is 1. The van der Waals surface area contributed by atoms with Crippen molar-refractivity contribution in [2.75, 3.05) is 26.2 Å². The molecule has 30 heavy (non-hydrogen) atoms. The molecular weight excluding hydrogens is 408 g/mol. The molecule has 1 amide bonds. The molecule has 0 bridgehead atoms. The highest BCUT2D eigenvalue weighted by Gasteiger charge is 2.34. The number of rotatable bonds is 4. The lowest BCUT2D eigenvalue weighted by atomic mass is 10.2. The van der Waals surface area contributed by atoms with Gasteiger partial charge in [-0.15, -0.1) is 0 Å². The van der Waals surface area contributed by atoms with Crippen LogP contribution < -0.4 is 0 Å². The van der Waals surface area contributed by atoms with Gasteiger partial charge in [0.2, 0.25) is 10.0 Å². The Morgan fingerprint density at radius 3 is 2.47 bits per heavy atom. The second-order valence-electron chi connectivity index (χ2n) is 7.19. The highest BCUT2D eigenvalue weighted by Crippen LogP contribution is 2.27. The van der Waals surface area contributed by atoms with E-state index >= 15 is 0 Å². The monoisotopic (exact) mass is 428 g/mol. The van der Waals surface area contributed by atoms with Gasteiger partial charge in [0.15, 0.2) is 4.90 Å². The average Bonchev–Trinajstić information content (AvgIpc) is 3.16. The van der Waals surface area contributed by atoms with Gasteiger partial charge in [-0.3, -0.25) is 14.9 Å². The summed E-state index contributed by atoms with van der Waals surface area (Å²) in [6, 6.07) is 12.9. The van der Waals surface area contributed by atoms with Gasteiger partial charge < -0.3 is 9.88 Å². The number of para-hydroxylation sites is 1. The van der Waals surface area contributed by atoms with Crippen molar-refractivity contribution in [3.05, 3.63) is 69.9 Å². The second-order valence-corrected chi connectivity index (χ2v) is 9.10. The van der Waals surface area contributed by atoms with Gasteiger partial charge in [0.25, 0.3) is 11.6 Å². The van der Waals surface area contributed by atoms with E-state index in [2.05, 4.69) is 4.98 Å². The van der Waals surface area contributed by atoms with Gasteiger partial charge >= 0.3 is 0 Å². The molecule has 0 radical (unpaired) electrons. The fourth-order valence-electron chi connectivity index (χ4n) is 3.62. The molecule has 1 aliphatic rings. The summed E-state index contributed by atoms with van der Waals surface area (Å²) in [5, 5.41) is 12.1. The van der Waals surface area contributed by atoms with Crippen molar-refractivity contribution in [1.29, 1.82) is 0 Å². The van der Waals surface area contributed by atoms with E-state index < -0.39 is 20.6 Å². The molecule has 2 aromatic carbocycles. The van der Waals surface area contributed by atoms with Crippen LogP contribution in [0.3, 0.4) is 0 Å². The van der Waals surface area contributed by atoms with Crippen LogP contribution >= 0.6 is 0 Å². The Bertz CT molecular complexity index is 1240. The molecule has 9 nitrogen and oxygen atoms in total. The van der Waals surface area contributed by atoms with Gasteiger partial charge in [0.05, 0.1) is 4.92 Å². The smallest absolute Gasteiger partial charge is 0.289 e. The molecular formula is C20H20N4O5S. The first kappa shape index (κ1) is 20.0. The zero-order chi connectivity index (χ0) is 21.5. The van der Waals surface area contributed by atoms with Crippen LogP contribution in [-0.4, -0.2) is 59.6 Å². The summed E-state index contributed by atoms with van der Waals surface area (Å²) in [5.41, 5.74) is 1.95. The number of aromatic amines is 1. The number of aromatic nitrogens is 1. The van der Waals surface area contributed by atoms with Crippen LogP contribution in [0.1, 0.15) is 16.1 Å². The molecule has 1 N–H and O–H groups in total. The molecule has 10 heteroatoms.